The van der Waals surface area contributed by atoms with Crippen LogP contribution in [0, 0.1) is 23.7 Å². The molecule has 0 saturated heterocycles. The molecule has 2 aromatic rings. The van der Waals surface area contributed by atoms with Gasteiger partial charge in [-0.15, -0.1) is 0 Å². The minimum Gasteiger partial charge on any atom is -0.497 e. The SMILES string of the molecule is COc1cccc(NC(=O)C2C3C=CC(C3)C2C(=O)Nc2cccc(OC)c2)c1. The summed E-state index contributed by atoms with van der Waals surface area (Å²) in [6, 6.07) is 14.5. The van der Waals surface area contributed by atoms with Crippen LogP contribution < -0.4 is 20.1 Å². The van der Waals surface area contributed by atoms with E-state index in [0.29, 0.717) is 22.9 Å². The Hall–Kier alpha value is -3.28. The van der Waals surface area contributed by atoms with Crippen LogP contribution in [-0.4, -0.2) is 26.0 Å². The third-order valence-electron chi connectivity index (χ3n) is 5.74. The standard InChI is InChI=1S/C23H24N2O4/c1-28-18-7-3-5-16(12-18)24-22(26)20-14-9-10-15(11-14)21(20)23(27)25-17-6-4-8-19(13-17)29-2/h3-10,12-15,20-21H,11H2,1-2H3,(H,24,26)(H,25,27). The van der Waals surface area contributed by atoms with Gasteiger partial charge < -0.3 is 20.1 Å². The molecule has 0 spiro atoms. The van der Waals surface area contributed by atoms with Crippen LogP contribution in [0.5, 0.6) is 11.5 Å². The molecule has 0 aromatic heterocycles. The van der Waals surface area contributed by atoms with Crippen LogP contribution >= 0.6 is 0 Å². The highest BCUT2D eigenvalue weighted by molar-refractivity contribution is 6.01. The van der Waals surface area contributed by atoms with Crippen molar-refractivity contribution in [2.45, 2.75) is 6.42 Å². The minimum absolute atomic E-state index is 0.0756. The summed E-state index contributed by atoms with van der Waals surface area (Å²) in [5.74, 6) is 0.412. The molecule has 4 unspecified atom stereocenters. The fraction of sp³-hybridized carbons (Fsp3) is 0.304. The van der Waals surface area contributed by atoms with Gasteiger partial charge in [0.1, 0.15) is 11.5 Å². The lowest BCUT2D eigenvalue weighted by Crippen LogP contribution is -2.39. The Morgan fingerprint density at radius 2 is 1.24 bits per heavy atom. The molecule has 4 atom stereocenters. The van der Waals surface area contributed by atoms with E-state index < -0.39 is 11.8 Å². The zero-order valence-corrected chi connectivity index (χ0v) is 16.4. The van der Waals surface area contributed by atoms with Gasteiger partial charge in [0.2, 0.25) is 11.8 Å². The highest BCUT2D eigenvalue weighted by Gasteiger charge is 2.51. The average molecular weight is 392 g/mol. The van der Waals surface area contributed by atoms with Gasteiger partial charge in [-0.05, 0) is 42.5 Å². The molecule has 1 saturated carbocycles. The maximum absolute atomic E-state index is 13.1. The van der Waals surface area contributed by atoms with E-state index in [2.05, 4.69) is 22.8 Å². The predicted molar refractivity (Wildman–Crippen MR) is 111 cm³/mol. The molecular weight excluding hydrogens is 368 g/mol. The quantitative estimate of drug-likeness (QED) is 0.735. The molecule has 150 valence electrons. The molecule has 29 heavy (non-hydrogen) atoms. The summed E-state index contributed by atoms with van der Waals surface area (Å²) in [5.41, 5.74) is 1.32. The molecule has 6 heteroatoms. The van der Waals surface area contributed by atoms with Gasteiger partial charge in [-0.1, -0.05) is 24.3 Å². The van der Waals surface area contributed by atoms with Crippen LogP contribution in [0.4, 0.5) is 11.4 Å². The molecule has 0 radical (unpaired) electrons. The number of benzene rings is 2. The number of ether oxygens (including phenoxy) is 2. The zero-order valence-electron chi connectivity index (χ0n) is 16.4. The molecule has 2 N–H and O–H groups in total. The Kier molecular flexibility index (Phi) is 5.25. The Labute approximate surface area is 169 Å². The van der Waals surface area contributed by atoms with Gasteiger partial charge in [0, 0.05) is 23.5 Å². The summed E-state index contributed by atoms with van der Waals surface area (Å²) >= 11 is 0. The number of anilines is 2. The van der Waals surface area contributed by atoms with Crippen LogP contribution in [-0.2, 0) is 9.59 Å². The summed E-state index contributed by atoms with van der Waals surface area (Å²) in [4.78, 5) is 26.2. The van der Waals surface area contributed by atoms with Crippen molar-refractivity contribution in [1.29, 1.82) is 0 Å². The van der Waals surface area contributed by atoms with E-state index in [1.807, 2.05) is 36.4 Å². The van der Waals surface area contributed by atoms with Crippen LogP contribution in [0.1, 0.15) is 6.42 Å². The number of hydrogen-bond acceptors (Lipinski definition) is 4. The fourth-order valence-electron chi connectivity index (χ4n) is 4.39. The third-order valence-corrected chi connectivity index (χ3v) is 5.74. The Balaban J connectivity index is 1.51. The molecule has 2 bridgehead atoms. The van der Waals surface area contributed by atoms with Gasteiger partial charge in [-0.3, -0.25) is 9.59 Å². The zero-order chi connectivity index (χ0) is 20.4. The normalized spacial score (nSPS) is 24.2. The number of hydrogen-bond donors (Lipinski definition) is 2. The largest absolute Gasteiger partial charge is 0.497 e. The number of methoxy groups -OCH3 is 2. The van der Waals surface area contributed by atoms with Crippen molar-refractivity contribution >= 4 is 23.2 Å². The van der Waals surface area contributed by atoms with E-state index in [1.165, 1.54) is 0 Å². The number of rotatable bonds is 6. The Morgan fingerprint density at radius 1 is 0.793 bits per heavy atom. The first kappa shape index (κ1) is 19.1. The van der Waals surface area contributed by atoms with Crippen molar-refractivity contribution in [3.63, 3.8) is 0 Å². The number of fused-ring (bicyclic) bond motifs is 2. The van der Waals surface area contributed by atoms with Crippen LogP contribution in [0.2, 0.25) is 0 Å². The maximum atomic E-state index is 13.1. The summed E-state index contributed by atoms with van der Waals surface area (Å²) in [6.45, 7) is 0. The van der Waals surface area contributed by atoms with E-state index in [4.69, 9.17) is 9.47 Å². The number of allylic oxidation sites excluding steroid dienone is 2. The van der Waals surface area contributed by atoms with Crippen LogP contribution in [0.15, 0.2) is 60.7 Å². The van der Waals surface area contributed by atoms with Crippen molar-refractivity contribution in [3.05, 3.63) is 60.7 Å². The van der Waals surface area contributed by atoms with Crippen molar-refractivity contribution < 1.29 is 19.1 Å². The first-order valence-corrected chi connectivity index (χ1v) is 9.67. The summed E-state index contributed by atoms with van der Waals surface area (Å²) in [6.07, 6.45) is 4.96. The van der Waals surface area contributed by atoms with E-state index in [9.17, 15) is 9.59 Å². The maximum Gasteiger partial charge on any atom is 0.228 e. The number of nitrogens with one attached hydrogen (secondary N) is 2. The van der Waals surface area contributed by atoms with E-state index in [-0.39, 0.29) is 23.7 Å². The number of amides is 2. The lowest BCUT2D eigenvalue weighted by atomic mass is 9.81. The number of carbonyl (C=O) groups excluding carboxylic acids is 2. The van der Waals surface area contributed by atoms with Gasteiger partial charge in [-0.25, -0.2) is 0 Å². The second-order valence-electron chi connectivity index (χ2n) is 7.44. The lowest BCUT2D eigenvalue weighted by molar-refractivity contribution is -0.129. The molecule has 1 fully saturated rings. The monoisotopic (exact) mass is 392 g/mol. The Bertz CT molecular complexity index is 880. The van der Waals surface area contributed by atoms with Gasteiger partial charge in [-0.2, -0.15) is 0 Å². The summed E-state index contributed by atoms with van der Waals surface area (Å²) < 4.78 is 10.4. The third kappa shape index (κ3) is 3.83. The topological polar surface area (TPSA) is 76.7 Å². The molecule has 2 amide bonds. The lowest BCUT2D eigenvalue weighted by Gasteiger charge is -2.26. The van der Waals surface area contributed by atoms with E-state index >= 15 is 0 Å². The molecule has 0 aliphatic heterocycles. The first-order chi connectivity index (χ1) is 14.1. The molecule has 4 rings (SSSR count). The van der Waals surface area contributed by atoms with Crippen molar-refractivity contribution in [2.75, 3.05) is 24.9 Å². The fourth-order valence-corrected chi connectivity index (χ4v) is 4.39. The van der Waals surface area contributed by atoms with Gasteiger partial charge in [0.15, 0.2) is 0 Å². The van der Waals surface area contributed by atoms with Crippen molar-refractivity contribution in [3.8, 4) is 11.5 Å². The molecular formula is C23H24N2O4. The van der Waals surface area contributed by atoms with E-state index in [0.717, 1.165) is 6.42 Å². The molecule has 2 aromatic carbocycles. The summed E-state index contributed by atoms with van der Waals surface area (Å²) in [7, 11) is 3.17. The Morgan fingerprint density at radius 3 is 1.66 bits per heavy atom. The molecule has 0 heterocycles. The highest BCUT2D eigenvalue weighted by atomic mass is 16.5. The predicted octanol–water partition coefficient (Wildman–Crippen LogP) is 3.72. The van der Waals surface area contributed by atoms with Crippen LogP contribution in [0.25, 0.3) is 0 Å². The summed E-state index contributed by atoms with van der Waals surface area (Å²) in [5, 5.41) is 5.92. The van der Waals surface area contributed by atoms with Gasteiger partial charge >= 0.3 is 0 Å². The average Bonchev–Trinajstić information content (AvgIpc) is 3.35. The molecule has 2 aliphatic rings. The van der Waals surface area contributed by atoms with Gasteiger partial charge in [0.05, 0.1) is 26.1 Å². The van der Waals surface area contributed by atoms with Crippen molar-refractivity contribution in [2.24, 2.45) is 23.7 Å². The second kappa shape index (κ2) is 7.99. The van der Waals surface area contributed by atoms with Crippen LogP contribution in [0.3, 0.4) is 0 Å². The minimum atomic E-state index is -0.401. The number of carbonyl (C=O) groups is 2. The van der Waals surface area contributed by atoms with E-state index in [1.54, 1.807) is 26.4 Å². The molecule has 6 nitrogen and oxygen atoms in total. The van der Waals surface area contributed by atoms with Crippen molar-refractivity contribution in [1.82, 2.24) is 0 Å². The second-order valence-corrected chi connectivity index (χ2v) is 7.44. The first-order valence-electron chi connectivity index (χ1n) is 9.67. The highest BCUT2D eigenvalue weighted by Crippen LogP contribution is 2.48. The molecule has 2 aliphatic carbocycles. The smallest absolute Gasteiger partial charge is 0.228 e. The van der Waals surface area contributed by atoms with Gasteiger partial charge in [0.25, 0.3) is 0 Å².